The molecule has 1 aromatic carbocycles. The molecule has 5 heteroatoms. The molecule has 2 aromatic rings. The fourth-order valence-electron chi connectivity index (χ4n) is 1.28. The van der Waals surface area contributed by atoms with Gasteiger partial charge in [-0.1, -0.05) is 41.1 Å². The largest absolute Gasteiger partial charge is 0.383 e. The summed E-state index contributed by atoms with van der Waals surface area (Å²) in [5, 5.41) is 11.0. The molecular formula is C10H9ClN2OS. The van der Waals surface area contributed by atoms with Gasteiger partial charge in [0.25, 0.3) is 0 Å². The van der Waals surface area contributed by atoms with Gasteiger partial charge in [0.05, 0.1) is 4.88 Å². The first-order chi connectivity index (χ1) is 7.18. The summed E-state index contributed by atoms with van der Waals surface area (Å²) in [6.45, 7) is 0. The monoisotopic (exact) mass is 240 g/mol. The minimum atomic E-state index is -0.756. The average Bonchev–Trinajstić information content (AvgIpc) is 2.65. The van der Waals surface area contributed by atoms with Crippen molar-refractivity contribution in [3.8, 4) is 0 Å². The van der Waals surface area contributed by atoms with Crippen LogP contribution in [0.5, 0.6) is 0 Å². The van der Waals surface area contributed by atoms with Crippen LogP contribution in [-0.2, 0) is 0 Å². The second-order valence-electron chi connectivity index (χ2n) is 3.02. The van der Waals surface area contributed by atoms with Crippen molar-refractivity contribution in [1.29, 1.82) is 0 Å². The van der Waals surface area contributed by atoms with Crippen molar-refractivity contribution in [3.63, 3.8) is 0 Å². The van der Waals surface area contributed by atoms with E-state index in [4.69, 9.17) is 17.3 Å². The molecule has 0 aliphatic heterocycles. The predicted molar refractivity (Wildman–Crippen MR) is 62.0 cm³/mol. The number of hydrogen-bond donors (Lipinski definition) is 2. The zero-order valence-corrected chi connectivity index (χ0v) is 9.29. The van der Waals surface area contributed by atoms with Crippen LogP contribution in [0.3, 0.4) is 0 Å². The van der Waals surface area contributed by atoms with Gasteiger partial charge in [-0.2, -0.15) is 0 Å². The Morgan fingerprint density at radius 1 is 1.40 bits per heavy atom. The summed E-state index contributed by atoms with van der Waals surface area (Å²) in [5.74, 6) is 0. The van der Waals surface area contributed by atoms with E-state index in [1.54, 1.807) is 18.3 Å². The second kappa shape index (κ2) is 4.18. The maximum absolute atomic E-state index is 10.0. The number of rotatable bonds is 2. The van der Waals surface area contributed by atoms with Crippen LogP contribution in [0.25, 0.3) is 0 Å². The smallest absolute Gasteiger partial charge is 0.180 e. The highest BCUT2D eigenvalue weighted by Crippen LogP contribution is 2.31. The lowest BCUT2D eigenvalue weighted by atomic mass is 10.1. The predicted octanol–water partition coefficient (Wildman–Crippen LogP) is 2.46. The van der Waals surface area contributed by atoms with E-state index in [1.165, 1.54) is 11.3 Å². The molecule has 0 saturated heterocycles. The summed E-state index contributed by atoms with van der Waals surface area (Å²) in [7, 11) is 0. The molecular weight excluding hydrogens is 232 g/mol. The standard InChI is InChI=1S/C10H9ClN2OS/c11-7-4-2-1-3-6(7)9(14)8-5-13-10(12)15-8/h1-5,9,14H,(H2,12,13)/t9-/m1/s1. The van der Waals surface area contributed by atoms with Crippen LogP contribution in [0.4, 0.5) is 5.13 Å². The number of nitrogens with two attached hydrogens (primary N) is 1. The Balaban J connectivity index is 2.36. The van der Waals surface area contributed by atoms with Crippen molar-refractivity contribution >= 4 is 28.1 Å². The van der Waals surface area contributed by atoms with E-state index < -0.39 is 6.10 Å². The van der Waals surface area contributed by atoms with Crippen molar-refractivity contribution in [2.45, 2.75) is 6.10 Å². The number of hydrogen-bond acceptors (Lipinski definition) is 4. The Morgan fingerprint density at radius 2 is 2.13 bits per heavy atom. The number of benzene rings is 1. The van der Waals surface area contributed by atoms with Crippen LogP contribution in [-0.4, -0.2) is 10.1 Å². The van der Waals surface area contributed by atoms with Gasteiger partial charge in [0.15, 0.2) is 5.13 Å². The van der Waals surface area contributed by atoms with Crippen molar-refractivity contribution < 1.29 is 5.11 Å². The summed E-state index contributed by atoms with van der Waals surface area (Å²) >= 11 is 7.23. The molecule has 3 N–H and O–H groups in total. The zero-order chi connectivity index (χ0) is 10.8. The van der Waals surface area contributed by atoms with Crippen LogP contribution in [0.2, 0.25) is 5.02 Å². The first-order valence-corrected chi connectivity index (χ1v) is 5.51. The van der Waals surface area contributed by atoms with E-state index in [2.05, 4.69) is 4.98 Å². The third-order valence-corrected chi connectivity index (χ3v) is 3.23. The molecule has 0 aliphatic carbocycles. The molecule has 0 bridgehead atoms. The van der Waals surface area contributed by atoms with E-state index in [0.29, 0.717) is 20.6 Å². The molecule has 0 unspecified atom stereocenters. The summed E-state index contributed by atoms with van der Waals surface area (Å²) in [6.07, 6.45) is 0.807. The van der Waals surface area contributed by atoms with Gasteiger partial charge in [0.2, 0.25) is 0 Å². The topological polar surface area (TPSA) is 59.1 Å². The van der Waals surface area contributed by atoms with Gasteiger partial charge in [-0.05, 0) is 6.07 Å². The molecule has 0 spiro atoms. The fourth-order valence-corrected chi connectivity index (χ4v) is 2.21. The SMILES string of the molecule is Nc1ncc([C@H](O)c2ccccc2Cl)s1. The summed E-state index contributed by atoms with van der Waals surface area (Å²) in [4.78, 5) is 4.58. The second-order valence-corrected chi connectivity index (χ2v) is 4.53. The van der Waals surface area contributed by atoms with Gasteiger partial charge in [-0.3, -0.25) is 0 Å². The maximum Gasteiger partial charge on any atom is 0.180 e. The number of aliphatic hydroxyl groups is 1. The van der Waals surface area contributed by atoms with Crippen molar-refractivity contribution in [2.75, 3.05) is 5.73 Å². The molecule has 0 fully saturated rings. The Morgan fingerprint density at radius 3 is 2.73 bits per heavy atom. The molecule has 78 valence electrons. The van der Waals surface area contributed by atoms with Crippen LogP contribution in [0, 0.1) is 0 Å². The molecule has 1 atom stereocenters. The lowest BCUT2D eigenvalue weighted by molar-refractivity contribution is 0.224. The van der Waals surface area contributed by atoms with E-state index in [9.17, 15) is 5.11 Å². The maximum atomic E-state index is 10.0. The van der Waals surface area contributed by atoms with Crippen LogP contribution >= 0.6 is 22.9 Å². The van der Waals surface area contributed by atoms with Crippen molar-refractivity contribution in [3.05, 3.63) is 45.9 Å². The molecule has 2 rings (SSSR count). The van der Waals surface area contributed by atoms with Crippen molar-refractivity contribution in [2.24, 2.45) is 0 Å². The fraction of sp³-hybridized carbons (Fsp3) is 0.100. The minimum Gasteiger partial charge on any atom is -0.383 e. The number of nitrogen functional groups attached to an aromatic ring is 1. The third-order valence-electron chi connectivity index (χ3n) is 2.01. The average molecular weight is 241 g/mol. The highest BCUT2D eigenvalue weighted by Gasteiger charge is 2.15. The Kier molecular flexibility index (Phi) is 2.90. The molecule has 15 heavy (non-hydrogen) atoms. The van der Waals surface area contributed by atoms with E-state index in [1.807, 2.05) is 12.1 Å². The Hall–Kier alpha value is -1.10. The molecule has 1 heterocycles. The number of nitrogens with zero attached hydrogens (tertiary/aromatic N) is 1. The summed E-state index contributed by atoms with van der Waals surface area (Å²) in [5.41, 5.74) is 6.17. The van der Waals surface area contributed by atoms with E-state index in [0.717, 1.165) is 0 Å². The Labute approximate surface area is 96.2 Å². The van der Waals surface area contributed by atoms with E-state index >= 15 is 0 Å². The van der Waals surface area contributed by atoms with Gasteiger partial charge in [-0.15, -0.1) is 0 Å². The lowest BCUT2D eigenvalue weighted by Crippen LogP contribution is -1.97. The van der Waals surface area contributed by atoms with Gasteiger partial charge >= 0.3 is 0 Å². The van der Waals surface area contributed by atoms with Crippen LogP contribution in [0.15, 0.2) is 30.5 Å². The summed E-state index contributed by atoms with van der Waals surface area (Å²) < 4.78 is 0. The van der Waals surface area contributed by atoms with E-state index in [-0.39, 0.29) is 0 Å². The molecule has 0 amide bonds. The Bertz CT molecular complexity index is 472. The highest BCUT2D eigenvalue weighted by atomic mass is 35.5. The molecule has 0 aliphatic rings. The summed E-state index contributed by atoms with van der Waals surface area (Å²) in [6, 6.07) is 7.17. The molecule has 0 saturated carbocycles. The molecule has 1 aromatic heterocycles. The van der Waals surface area contributed by atoms with Gasteiger partial charge < -0.3 is 10.8 Å². The first-order valence-electron chi connectivity index (χ1n) is 4.32. The number of anilines is 1. The number of thiazole rings is 1. The zero-order valence-electron chi connectivity index (χ0n) is 7.72. The quantitative estimate of drug-likeness (QED) is 0.848. The number of halogens is 1. The van der Waals surface area contributed by atoms with Gasteiger partial charge in [0.1, 0.15) is 6.10 Å². The number of aliphatic hydroxyl groups excluding tert-OH is 1. The van der Waals surface area contributed by atoms with Gasteiger partial charge in [-0.25, -0.2) is 4.98 Å². The van der Waals surface area contributed by atoms with Crippen molar-refractivity contribution in [1.82, 2.24) is 4.98 Å². The minimum absolute atomic E-state index is 0.441. The normalized spacial score (nSPS) is 12.7. The third kappa shape index (κ3) is 2.12. The van der Waals surface area contributed by atoms with Crippen LogP contribution < -0.4 is 5.73 Å². The molecule has 3 nitrogen and oxygen atoms in total. The highest BCUT2D eigenvalue weighted by molar-refractivity contribution is 7.15. The molecule has 0 radical (unpaired) electrons. The van der Waals surface area contributed by atoms with Crippen LogP contribution in [0.1, 0.15) is 16.5 Å². The lowest BCUT2D eigenvalue weighted by Gasteiger charge is -2.09. The number of aromatic nitrogens is 1. The van der Waals surface area contributed by atoms with Gasteiger partial charge in [0, 0.05) is 16.8 Å². The first kappa shape index (κ1) is 10.4.